The predicted molar refractivity (Wildman–Crippen MR) is 218 cm³/mol. The largest absolute Gasteiger partial charge is 0.494 e. The fourth-order valence-corrected chi connectivity index (χ4v) is 5.49. The van der Waals surface area contributed by atoms with Crippen molar-refractivity contribution in [3.8, 4) is 23.0 Å². The first kappa shape index (κ1) is 41.5. The van der Waals surface area contributed by atoms with Crippen LogP contribution in [0.2, 0.25) is 0 Å². The first-order valence-corrected chi connectivity index (χ1v) is 19.6. The lowest BCUT2D eigenvalue weighted by atomic mass is 10.2. The molecule has 0 unspecified atom stereocenters. The molecule has 8 heteroatoms. The van der Waals surface area contributed by atoms with E-state index < -0.39 is 11.9 Å². The van der Waals surface area contributed by atoms with Gasteiger partial charge in [-0.15, -0.1) is 0 Å². The van der Waals surface area contributed by atoms with Gasteiger partial charge in [0.25, 0.3) is 0 Å². The quantitative estimate of drug-likeness (QED) is 0.0291. The molecule has 0 saturated heterocycles. The number of esters is 2. The number of ether oxygens (including phenoxy) is 4. The minimum atomic E-state index is -0.407. The zero-order valence-corrected chi connectivity index (χ0v) is 32.0. The second-order valence-corrected chi connectivity index (χ2v) is 13.3. The highest BCUT2D eigenvalue weighted by Crippen LogP contribution is 2.19. The van der Waals surface area contributed by atoms with Gasteiger partial charge in [-0.2, -0.15) is 0 Å². The van der Waals surface area contributed by atoms with Crippen molar-refractivity contribution in [2.24, 2.45) is 9.98 Å². The molecular weight excluding hydrogens is 677 g/mol. The molecule has 54 heavy (non-hydrogen) atoms. The Labute approximate surface area is 321 Å². The number of aliphatic imine (C=N–C) groups is 2. The maximum atomic E-state index is 12.6. The van der Waals surface area contributed by atoms with Gasteiger partial charge in [0.15, 0.2) is 0 Å². The number of hydrogen-bond acceptors (Lipinski definition) is 8. The first-order valence-electron chi connectivity index (χ1n) is 19.6. The monoisotopic (exact) mass is 732 g/mol. The van der Waals surface area contributed by atoms with Crippen LogP contribution < -0.4 is 18.9 Å². The second kappa shape index (κ2) is 24.9. The van der Waals surface area contributed by atoms with Crippen molar-refractivity contribution in [3.05, 3.63) is 119 Å². The molecule has 0 bridgehead atoms. The summed E-state index contributed by atoms with van der Waals surface area (Å²) in [4.78, 5) is 34.2. The molecule has 0 radical (unpaired) electrons. The molecule has 0 aliphatic carbocycles. The predicted octanol–water partition coefficient (Wildman–Crippen LogP) is 11.1. The van der Waals surface area contributed by atoms with E-state index in [2.05, 4.69) is 23.8 Å². The van der Waals surface area contributed by atoms with Gasteiger partial charge >= 0.3 is 11.9 Å². The summed E-state index contributed by atoms with van der Waals surface area (Å²) in [7, 11) is 0. The fraction of sp³-hybridized carbons (Fsp3) is 0.391. The Morgan fingerprint density at radius 2 is 0.796 bits per heavy atom. The molecule has 0 heterocycles. The molecule has 0 N–H and O–H groups in total. The lowest BCUT2D eigenvalue weighted by molar-refractivity contribution is 0.0725. The highest BCUT2D eigenvalue weighted by atomic mass is 16.5. The zero-order chi connectivity index (χ0) is 38.1. The Morgan fingerprint density at radius 1 is 0.444 bits per heavy atom. The van der Waals surface area contributed by atoms with Crippen LogP contribution in [0.4, 0.5) is 0 Å². The Bertz CT molecular complexity index is 1570. The molecule has 0 aromatic heterocycles. The Morgan fingerprint density at radius 3 is 1.17 bits per heavy atom. The van der Waals surface area contributed by atoms with Gasteiger partial charge in [-0.05, 0) is 134 Å². The number of nitrogens with zero attached hydrogens (tertiary/aromatic N) is 2. The van der Waals surface area contributed by atoms with Crippen LogP contribution in [-0.4, -0.2) is 50.7 Å². The Kier molecular flexibility index (Phi) is 19.1. The van der Waals surface area contributed by atoms with Crippen LogP contribution in [0.15, 0.2) is 107 Å². The average molecular weight is 733 g/mol. The van der Waals surface area contributed by atoms with Crippen LogP contribution >= 0.6 is 0 Å². The molecule has 0 aliphatic heterocycles. The fourth-order valence-electron chi connectivity index (χ4n) is 5.49. The summed E-state index contributed by atoms with van der Waals surface area (Å²) < 4.78 is 22.7. The molecule has 4 aromatic carbocycles. The molecule has 0 amide bonds. The Balaban J connectivity index is 1.07. The van der Waals surface area contributed by atoms with Crippen LogP contribution in [0, 0.1) is 0 Å². The number of unbranched alkanes of at least 4 members (excludes halogenated alkanes) is 9. The Hall–Kier alpha value is -5.24. The minimum absolute atomic E-state index is 0.407. The summed E-state index contributed by atoms with van der Waals surface area (Å²) in [5.74, 6) is 1.66. The van der Waals surface area contributed by atoms with Crippen LogP contribution in [0.3, 0.4) is 0 Å². The number of benzene rings is 4. The molecule has 0 spiro atoms. The second-order valence-electron chi connectivity index (χ2n) is 13.3. The SMILES string of the molecule is CCCCCCCOc1ccc(C(=O)Oc2ccc(C=NCCCCN=Cc3ccc(OC(=O)c4ccc(OCCCCCCC)cc4)cc3)cc2)cc1. The van der Waals surface area contributed by atoms with E-state index in [0.29, 0.717) is 48.9 Å². The molecule has 286 valence electrons. The molecule has 8 nitrogen and oxygen atoms in total. The normalized spacial score (nSPS) is 11.2. The van der Waals surface area contributed by atoms with Crippen LogP contribution in [0.1, 0.15) is 123 Å². The van der Waals surface area contributed by atoms with Crippen molar-refractivity contribution < 1.29 is 28.5 Å². The van der Waals surface area contributed by atoms with E-state index >= 15 is 0 Å². The van der Waals surface area contributed by atoms with Crippen LogP contribution in [0.5, 0.6) is 23.0 Å². The van der Waals surface area contributed by atoms with E-state index in [-0.39, 0.29) is 0 Å². The van der Waals surface area contributed by atoms with Gasteiger partial charge in [0.2, 0.25) is 0 Å². The molecule has 0 aliphatic rings. The van der Waals surface area contributed by atoms with Crippen molar-refractivity contribution in [2.45, 2.75) is 90.9 Å². The molecular formula is C46H56N2O6. The van der Waals surface area contributed by atoms with Crippen molar-refractivity contribution in [1.82, 2.24) is 0 Å². The molecule has 0 fully saturated rings. The van der Waals surface area contributed by atoms with E-state index in [1.807, 2.05) is 61.0 Å². The van der Waals surface area contributed by atoms with Gasteiger partial charge in [-0.1, -0.05) is 65.2 Å². The third-order valence-corrected chi connectivity index (χ3v) is 8.70. The van der Waals surface area contributed by atoms with Crippen molar-refractivity contribution in [2.75, 3.05) is 26.3 Å². The summed E-state index contributed by atoms with van der Waals surface area (Å²) in [5.41, 5.74) is 2.82. The van der Waals surface area contributed by atoms with Gasteiger partial charge in [0, 0.05) is 25.5 Å². The van der Waals surface area contributed by atoms with E-state index in [0.717, 1.165) is 48.3 Å². The lowest BCUT2D eigenvalue weighted by Gasteiger charge is -2.08. The van der Waals surface area contributed by atoms with Crippen molar-refractivity contribution in [1.29, 1.82) is 0 Å². The standard InChI is InChI=1S/C46H56N2O6/c1-3-5-7-9-13-33-51-41-27-19-39(20-28-41)45(49)53-43-23-15-37(16-24-43)35-47-31-11-12-32-48-36-38-17-25-44(26-18-38)54-46(50)40-21-29-42(30-22-40)52-34-14-10-8-6-4-2/h15-30,35-36H,3-14,31-34H2,1-2H3. The molecule has 0 atom stereocenters. The smallest absolute Gasteiger partial charge is 0.343 e. The highest BCUT2D eigenvalue weighted by molar-refractivity contribution is 5.92. The van der Waals surface area contributed by atoms with Gasteiger partial charge in [0.05, 0.1) is 24.3 Å². The molecule has 0 saturated carbocycles. The molecule has 4 rings (SSSR count). The number of carbonyl (C=O) groups excluding carboxylic acids is 2. The summed E-state index contributed by atoms with van der Waals surface area (Å²) in [6.07, 6.45) is 17.4. The number of hydrogen-bond donors (Lipinski definition) is 0. The third-order valence-electron chi connectivity index (χ3n) is 8.70. The van der Waals surface area contributed by atoms with E-state index in [1.165, 1.54) is 51.4 Å². The van der Waals surface area contributed by atoms with E-state index in [1.54, 1.807) is 48.5 Å². The number of carbonyl (C=O) groups is 2. The first-order chi connectivity index (χ1) is 26.5. The van der Waals surface area contributed by atoms with Crippen molar-refractivity contribution >= 4 is 24.4 Å². The van der Waals surface area contributed by atoms with Gasteiger partial charge in [-0.3, -0.25) is 9.98 Å². The summed E-state index contributed by atoms with van der Waals surface area (Å²) in [5, 5.41) is 0. The molecule has 4 aromatic rings. The van der Waals surface area contributed by atoms with Gasteiger partial charge in [-0.25, -0.2) is 9.59 Å². The maximum absolute atomic E-state index is 12.6. The lowest BCUT2D eigenvalue weighted by Crippen LogP contribution is -2.08. The summed E-state index contributed by atoms with van der Waals surface area (Å²) in [6.45, 7) is 7.17. The zero-order valence-electron chi connectivity index (χ0n) is 32.0. The summed E-state index contributed by atoms with van der Waals surface area (Å²) in [6, 6.07) is 28.8. The van der Waals surface area contributed by atoms with E-state index in [9.17, 15) is 9.59 Å². The third kappa shape index (κ3) is 16.2. The minimum Gasteiger partial charge on any atom is -0.494 e. The van der Waals surface area contributed by atoms with E-state index in [4.69, 9.17) is 18.9 Å². The van der Waals surface area contributed by atoms with Crippen LogP contribution in [0.25, 0.3) is 0 Å². The van der Waals surface area contributed by atoms with Crippen LogP contribution in [-0.2, 0) is 0 Å². The van der Waals surface area contributed by atoms with Gasteiger partial charge < -0.3 is 18.9 Å². The summed E-state index contributed by atoms with van der Waals surface area (Å²) >= 11 is 0. The average Bonchev–Trinajstić information content (AvgIpc) is 3.20. The highest BCUT2D eigenvalue weighted by Gasteiger charge is 2.10. The topological polar surface area (TPSA) is 95.8 Å². The number of rotatable bonds is 25. The van der Waals surface area contributed by atoms with Gasteiger partial charge in [0.1, 0.15) is 23.0 Å². The maximum Gasteiger partial charge on any atom is 0.343 e. The van der Waals surface area contributed by atoms with Crippen molar-refractivity contribution in [3.63, 3.8) is 0 Å².